The zero-order valence-corrected chi connectivity index (χ0v) is 14.6. The number of nitro benzene ring substituents is 1. The molecule has 0 aliphatic rings. The van der Waals surface area contributed by atoms with E-state index in [2.05, 4.69) is 0 Å². The van der Waals surface area contributed by atoms with Gasteiger partial charge in [0.15, 0.2) is 5.75 Å². The molecule has 1 unspecified atom stereocenters. The first-order chi connectivity index (χ1) is 10.3. The van der Waals surface area contributed by atoms with E-state index in [9.17, 15) is 14.9 Å². The minimum atomic E-state index is -0.565. The van der Waals surface area contributed by atoms with Gasteiger partial charge < -0.3 is 15.4 Å². The van der Waals surface area contributed by atoms with Crippen LogP contribution in [0.15, 0.2) is 18.2 Å². The van der Waals surface area contributed by atoms with Crippen LogP contribution in [0.25, 0.3) is 0 Å². The van der Waals surface area contributed by atoms with Gasteiger partial charge in [-0.1, -0.05) is 13.8 Å². The van der Waals surface area contributed by atoms with Crippen molar-refractivity contribution in [1.82, 2.24) is 4.90 Å². The van der Waals surface area contributed by atoms with Crippen LogP contribution in [0.5, 0.6) is 5.75 Å². The van der Waals surface area contributed by atoms with Gasteiger partial charge in [0.05, 0.1) is 12.0 Å². The molecule has 0 saturated carbocycles. The minimum Gasteiger partial charge on any atom is -0.490 e. The van der Waals surface area contributed by atoms with Crippen LogP contribution in [-0.2, 0) is 0 Å². The SMILES string of the molecule is COc1ccc(C(=O)N(C)CCC(N)C(C)C)cc1[N+](=O)[O-].Cl. The molecule has 2 N–H and O–H groups in total. The summed E-state index contributed by atoms with van der Waals surface area (Å²) in [6.45, 7) is 4.55. The molecule has 8 heteroatoms. The van der Waals surface area contributed by atoms with Crippen molar-refractivity contribution in [3.63, 3.8) is 0 Å². The average molecular weight is 346 g/mol. The molecule has 0 heterocycles. The molecule has 0 spiro atoms. The van der Waals surface area contributed by atoms with Crippen LogP contribution >= 0.6 is 12.4 Å². The number of hydrogen-bond donors (Lipinski definition) is 1. The van der Waals surface area contributed by atoms with Crippen molar-refractivity contribution in [3.05, 3.63) is 33.9 Å². The number of nitrogens with zero attached hydrogens (tertiary/aromatic N) is 2. The first-order valence-electron chi connectivity index (χ1n) is 7.11. The lowest BCUT2D eigenvalue weighted by Crippen LogP contribution is -2.34. The molecule has 1 aromatic carbocycles. The highest BCUT2D eigenvalue weighted by Gasteiger charge is 2.20. The van der Waals surface area contributed by atoms with E-state index in [4.69, 9.17) is 10.5 Å². The largest absolute Gasteiger partial charge is 0.490 e. The number of benzene rings is 1. The molecular formula is C15H24ClN3O4. The number of carbonyl (C=O) groups is 1. The molecule has 1 aromatic rings. The summed E-state index contributed by atoms with van der Waals surface area (Å²) in [5.41, 5.74) is 6.00. The van der Waals surface area contributed by atoms with Crippen molar-refractivity contribution in [3.8, 4) is 5.75 Å². The summed E-state index contributed by atoms with van der Waals surface area (Å²) >= 11 is 0. The van der Waals surface area contributed by atoms with E-state index in [1.165, 1.54) is 30.2 Å². The predicted octanol–water partition coefficient (Wildman–Crippen LogP) is 2.47. The lowest BCUT2D eigenvalue weighted by Gasteiger charge is -2.21. The summed E-state index contributed by atoms with van der Waals surface area (Å²) in [5.74, 6) is 0.193. The van der Waals surface area contributed by atoms with Crippen molar-refractivity contribution in [2.75, 3.05) is 20.7 Å². The van der Waals surface area contributed by atoms with Gasteiger partial charge in [-0.3, -0.25) is 14.9 Å². The second kappa shape index (κ2) is 9.32. The topological polar surface area (TPSA) is 98.7 Å². The smallest absolute Gasteiger partial charge is 0.311 e. The Labute approximate surface area is 142 Å². The van der Waals surface area contributed by atoms with Crippen LogP contribution in [0.2, 0.25) is 0 Å². The highest BCUT2D eigenvalue weighted by atomic mass is 35.5. The summed E-state index contributed by atoms with van der Waals surface area (Å²) < 4.78 is 4.92. The highest BCUT2D eigenvalue weighted by Crippen LogP contribution is 2.27. The normalized spacial score (nSPS) is 11.6. The molecule has 1 atom stereocenters. The Morgan fingerprint density at radius 3 is 2.52 bits per heavy atom. The number of ether oxygens (including phenoxy) is 1. The van der Waals surface area contributed by atoms with Gasteiger partial charge in [-0.2, -0.15) is 0 Å². The number of rotatable bonds is 7. The van der Waals surface area contributed by atoms with Crippen LogP contribution in [-0.4, -0.2) is 42.5 Å². The zero-order valence-electron chi connectivity index (χ0n) is 13.8. The van der Waals surface area contributed by atoms with E-state index in [-0.39, 0.29) is 41.4 Å². The van der Waals surface area contributed by atoms with Gasteiger partial charge in [0.25, 0.3) is 5.91 Å². The van der Waals surface area contributed by atoms with E-state index in [0.29, 0.717) is 18.9 Å². The molecule has 0 fully saturated rings. The fourth-order valence-corrected chi connectivity index (χ4v) is 1.96. The van der Waals surface area contributed by atoms with Crippen LogP contribution in [0.3, 0.4) is 0 Å². The number of methoxy groups -OCH3 is 1. The average Bonchev–Trinajstić information content (AvgIpc) is 2.50. The Morgan fingerprint density at radius 2 is 2.04 bits per heavy atom. The maximum Gasteiger partial charge on any atom is 0.311 e. The number of halogens is 1. The molecule has 23 heavy (non-hydrogen) atoms. The molecule has 0 saturated heterocycles. The van der Waals surface area contributed by atoms with E-state index < -0.39 is 4.92 Å². The molecule has 0 bridgehead atoms. The van der Waals surface area contributed by atoms with Crippen molar-refractivity contribution in [1.29, 1.82) is 0 Å². The zero-order chi connectivity index (χ0) is 16.9. The minimum absolute atomic E-state index is 0. The Hall–Kier alpha value is -1.86. The van der Waals surface area contributed by atoms with E-state index >= 15 is 0 Å². The molecule has 0 aromatic heterocycles. The summed E-state index contributed by atoms with van der Waals surface area (Å²) in [6.07, 6.45) is 0.679. The van der Waals surface area contributed by atoms with Crippen molar-refractivity contribution >= 4 is 24.0 Å². The van der Waals surface area contributed by atoms with Crippen LogP contribution in [0.4, 0.5) is 5.69 Å². The number of nitro groups is 1. The van der Waals surface area contributed by atoms with Gasteiger partial charge in [0.2, 0.25) is 0 Å². The standard InChI is InChI=1S/C15H23N3O4.ClH/c1-10(2)12(16)7-8-17(3)15(19)11-5-6-14(22-4)13(9-11)18(20)21;/h5-6,9-10,12H,7-8,16H2,1-4H3;1H. The molecule has 7 nitrogen and oxygen atoms in total. The Morgan fingerprint density at radius 1 is 1.43 bits per heavy atom. The Balaban J connectivity index is 0.00000484. The fraction of sp³-hybridized carbons (Fsp3) is 0.533. The van der Waals surface area contributed by atoms with Gasteiger partial charge in [0, 0.05) is 31.3 Å². The molecule has 130 valence electrons. The summed E-state index contributed by atoms with van der Waals surface area (Å²) in [6, 6.07) is 4.20. The maximum atomic E-state index is 12.3. The third-order valence-corrected chi connectivity index (χ3v) is 3.62. The molecule has 1 rings (SSSR count). The van der Waals surface area contributed by atoms with Gasteiger partial charge in [-0.15, -0.1) is 12.4 Å². The highest BCUT2D eigenvalue weighted by molar-refractivity contribution is 5.95. The third-order valence-electron chi connectivity index (χ3n) is 3.62. The number of amides is 1. The quantitative estimate of drug-likeness (QED) is 0.604. The number of carbonyl (C=O) groups excluding carboxylic acids is 1. The van der Waals surface area contributed by atoms with E-state index in [1.54, 1.807) is 7.05 Å². The number of hydrogen-bond acceptors (Lipinski definition) is 5. The lowest BCUT2D eigenvalue weighted by molar-refractivity contribution is -0.385. The third kappa shape index (κ3) is 5.69. The molecular weight excluding hydrogens is 322 g/mol. The van der Waals surface area contributed by atoms with E-state index in [1.807, 2.05) is 13.8 Å². The van der Waals surface area contributed by atoms with Crippen LogP contribution < -0.4 is 10.5 Å². The first-order valence-corrected chi connectivity index (χ1v) is 7.11. The second-order valence-electron chi connectivity index (χ2n) is 5.57. The van der Waals surface area contributed by atoms with Crippen LogP contribution in [0, 0.1) is 16.0 Å². The summed E-state index contributed by atoms with van der Waals surface area (Å²) in [5, 5.41) is 11.0. The first kappa shape index (κ1) is 21.1. The Bertz CT molecular complexity index is 552. The van der Waals surface area contributed by atoms with Crippen molar-refractivity contribution < 1.29 is 14.5 Å². The predicted molar refractivity (Wildman–Crippen MR) is 91.3 cm³/mol. The molecule has 0 aliphatic carbocycles. The van der Waals surface area contributed by atoms with Gasteiger partial charge in [-0.05, 0) is 24.5 Å². The second-order valence-corrected chi connectivity index (χ2v) is 5.57. The fourth-order valence-electron chi connectivity index (χ4n) is 1.96. The molecule has 1 amide bonds. The van der Waals surface area contributed by atoms with Crippen molar-refractivity contribution in [2.24, 2.45) is 11.7 Å². The Kier molecular flexibility index (Phi) is 8.56. The van der Waals surface area contributed by atoms with Crippen LogP contribution in [0.1, 0.15) is 30.6 Å². The molecule has 0 aliphatic heterocycles. The lowest BCUT2D eigenvalue weighted by atomic mass is 10.0. The maximum absolute atomic E-state index is 12.3. The molecule has 0 radical (unpaired) electrons. The van der Waals surface area contributed by atoms with Gasteiger partial charge in [0.1, 0.15) is 0 Å². The van der Waals surface area contributed by atoms with Crippen molar-refractivity contribution in [2.45, 2.75) is 26.3 Å². The number of nitrogens with two attached hydrogens (primary N) is 1. The summed E-state index contributed by atoms with van der Waals surface area (Å²) in [4.78, 5) is 24.3. The monoisotopic (exact) mass is 345 g/mol. The van der Waals surface area contributed by atoms with Gasteiger partial charge >= 0.3 is 5.69 Å². The summed E-state index contributed by atoms with van der Waals surface area (Å²) in [7, 11) is 3.01. The van der Waals surface area contributed by atoms with E-state index in [0.717, 1.165) is 0 Å². The van der Waals surface area contributed by atoms with Gasteiger partial charge in [-0.25, -0.2) is 0 Å².